The molecule has 2 atom stereocenters. The molecular formula is C16H31NO4. The van der Waals surface area contributed by atoms with E-state index in [1.54, 1.807) is 0 Å². The lowest BCUT2D eigenvalue weighted by atomic mass is 9.97. The second-order valence-corrected chi connectivity index (χ2v) is 6.17. The molecule has 0 aromatic heterocycles. The Kier molecular flexibility index (Phi) is 8.22. The van der Waals surface area contributed by atoms with Gasteiger partial charge in [0.05, 0.1) is 19.3 Å². The second kappa shape index (κ2) is 9.38. The molecule has 1 aliphatic heterocycles. The van der Waals surface area contributed by atoms with Crippen LogP contribution in [0.2, 0.25) is 0 Å². The number of rotatable bonds is 9. The lowest BCUT2D eigenvalue weighted by molar-refractivity contribution is -0.152. The van der Waals surface area contributed by atoms with E-state index in [-0.39, 0.29) is 18.1 Å². The number of esters is 1. The Balaban J connectivity index is 2.36. The zero-order valence-electron chi connectivity index (χ0n) is 13.9. The van der Waals surface area contributed by atoms with Crippen LogP contribution in [0.5, 0.6) is 0 Å². The summed E-state index contributed by atoms with van der Waals surface area (Å²) in [5, 5.41) is 3.29. The Morgan fingerprint density at radius 3 is 2.76 bits per heavy atom. The van der Waals surface area contributed by atoms with E-state index in [1.165, 1.54) is 6.42 Å². The average Bonchev–Trinajstić information content (AvgIpc) is 2.44. The van der Waals surface area contributed by atoms with E-state index in [0.29, 0.717) is 26.2 Å². The molecule has 21 heavy (non-hydrogen) atoms. The third kappa shape index (κ3) is 6.76. The Morgan fingerprint density at radius 1 is 1.43 bits per heavy atom. The second-order valence-electron chi connectivity index (χ2n) is 6.17. The molecular weight excluding hydrogens is 270 g/mol. The number of nitrogens with one attached hydrogen (secondary N) is 1. The van der Waals surface area contributed by atoms with Gasteiger partial charge in [-0.05, 0) is 53.4 Å². The highest BCUT2D eigenvalue weighted by Crippen LogP contribution is 2.16. The van der Waals surface area contributed by atoms with E-state index in [4.69, 9.17) is 14.2 Å². The van der Waals surface area contributed by atoms with E-state index >= 15 is 0 Å². The molecule has 0 radical (unpaired) electrons. The number of carbonyl (C=O) groups is 1. The molecule has 1 N–H and O–H groups in total. The number of hydrogen-bond acceptors (Lipinski definition) is 5. The van der Waals surface area contributed by atoms with Gasteiger partial charge in [-0.1, -0.05) is 0 Å². The largest absolute Gasteiger partial charge is 0.465 e. The highest BCUT2D eigenvalue weighted by Gasteiger charge is 2.34. The molecule has 1 fully saturated rings. The Labute approximate surface area is 128 Å². The summed E-state index contributed by atoms with van der Waals surface area (Å²) in [5.74, 6) is -0.212. The fraction of sp³-hybridized carbons (Fsp3) is 0.938. The molecule has 0 aliphatic carbocycles. The summed E-state index contributed by atoms with van der Waals surface area (Å²) < 4.78 is 16.5. The van der Waals surface area contributed by atoms with Crippen LogP contribution >= 0.6 is 0 Å². The SMILES string of the molecule is CCOC(=O)C(C)(CCOCC1CCCCO1)NC(C)C. The summed E-state index contributed by atoms with van der Waals surface area (Å²) in [4.78, 5) is 12.1. The van der Waals surface area contributed by atoms with Crippen LogP contribution in [0.4, 0.5) is 0 Å². The first-order chi connectivity index (χ1) is 9.98. The zero-order valence-corrected chi connectivity index (χ0v) is 13.9. The number of ether oxygens (including phenoxy) is 3. The van der Waals surface area contributed by atoms with Crippen LogP contribution in [0.3, 0.4) is 0 Å². The van der Waals surface area contributed by atoms with Crippen molar-refractivity contribution in [2.24, 2.45) is 0 Å². The molecule has 1 saturated heterocycles. The van der Waals surface area contributed by atoms with Gasteiger partial charge in [-0.15, -0.1) is 0 Å². The standard InChI is InChI=1S/C16H31NO4/c1-5-20-15(18)16(4,17-13(2)3)9-11-19-12-14-8-6-7-10-21-14/h13-14,17H,5-12H2,1-4H3. The van der Waals surface area contributed by atoms with Crippen LogP contribution in [0, 0.1) is 0 Å². The van der Waals surface area contributed by atoms with E-state index in [1.807, 2.05) is 27.7 Å². The third-order valence-electron chi connectivity index (χ3n) is 3.66. The van der Waals surface area contributed by atoms with Crippen molar-refractivity contribution in [2.75, 3.05) is 26.4 Å². The summed E-state index contributed by atoms with van der Waals surface area (Å²) in [5.41, 5.74) is -0.697. The fourth-order valence-electron chi connectivity index (χ4n) is 2.59. The van der Waals surface area contributed by atoms with Gasteiger partial charge >= 0.3 is 5.97 Å². The first-order valence-electron chi connectivity index (χ1n) is 8.12. The van der Waals surface area contributed by atoms with E-state index in [9.17, 15) is 4.79 Å². The Hall–Kier alpha value is -0.650. The first kappa shape index (κ1) is 18.4. The van der Waals surface area contributed by atoms with Gasteiger partial charge in [0.2, 0.25) is 0 Å². The lowest BCUT2D eigenvalue weighted by Gasteiger charge is -2.31. The lowest BCUT2D eigenvalue weighted by Crippen LogP contribution is -2.53. The molecule has 1 rings (SSSR count). The van der Waals surface area contributed by atoms with Crippen molar-refractivity contribution in [1.29, 1.82) is 0 Å². The van der Waals surface area contributed by atoms with Crippen LogP contribution in [0.25, 0.3) is 0 Å². The summed E-state index contributed by atoms with van der Waals surface area (Å²) in [6.07, 6.45) is 4.24. The highest BCUT2D eigenvalue weighted by atomic mass is 16.5. The smallest absolute Gasteiger partial charge is 0.326 e. The predicted molar refractivity (Wildman–Crippen MR) is 82.3 cm³/mol. The molecule has 5 heteroatoms. The van der Waals surface area contributed by atoms with Crippen LogP contribution in [0.15, 0.2) is 0 Å². The number of hydrogen-bond donors (Lipinski definition) is 1. The molecule has 1 aliphatic rings. The van der Waals surface area contributed by atoms with Gasteiger partial charge in [-0.3, -0.25) is 10.1 Å². The van der Waals surface area contributed by atoms with Gasteiger partial charge in [0, 0.05) is 19.3 Å². The van der Waals surface area contributed by atoms with Crippen LogP contribution in [0.1, 0.15) is 53.4 Å². The van der Waals surface area contributed by atoms with Crippen molar-refractivity contribution >= 4 is 5.97 Å². The molecule has 2 unspecified atom stereocenters. The minimum absolute atomic E-state index is 0.209. The van der Waals surface area contributed by atoms with E-state index in [2.05, 4.69) is 5.32 Å². The summed E-state index contributed by atoms with van der Waals surface area (Å²) in [6, 6.07) is 0.209. The van der Waals surface area contributed by atoms with Crippen molar-refractivity contribution < 1.29 is 19.0 Å². The zero-order chi connectivity index (χ0) is 15.7. The molecule has 0 bridgehead atoms. The van der Waals surface area contributed by atoms with Gasteiger partial charge in [-0.25, -0.2) is 0 Å². The molecule has 0 saturated carbocycles. The minimum Gasteiger partial charge on any atom is -0.465 e. The maximum absolute atomic E-state index is 12.1. The fourth-order valence-corrected chi connectivity index (χ4v) is 2.59. The number of carbonyl (C=O) groups excluding carboxylic acids is 1. The third-order valence-corrected chi connectivity index (χ3v) is 3.66. The highest BCUT2D eigenvalue weighted by molar-refractivity contribution is 5.80. The van der Waals surface area contributed by atoms with Crippen molar-refractivity contribution in [3.63, 3.8) is 0 Å². The summed E-state index contributed by atoms with van der Waals surface area (Å²) >= 11 is 0. The van der Waals surface area contributed by atoms with Crippen LogP contribution in [-0.4, -0.2) is 50.1 Å². The minimum atomic E-state index is -0.697. The van der Waals surface area contributed by atoms with Crippen molar-refractivity contribution in [2.45, 2.75) is 71.1 Å². The Morgan fingerprint density at radius 2 is 2.19 bits per heavy atom. The van der Waals surface area contributed by atoms with Gasteiger partial charge in [0.15, 0.2) is 0 Å². The average molecular weight is 301 g/mol. The molecule has 5 nitrogen and oxygen atoms in total. The molecule has 0 aromatic carbocycles. The molecule has 1 heterocycles. The Bertz CT molecular complexity index is 303. The van der Waals surface area contributed by atoms with Crippen LogP contribution in [-0.2, 0) is 19.0 Å². The normalized spacial score (nSPS) is 22.0. The van der Waals surface area contributed by atoms with E-state index in [0.717, 1.165) is 19.4 Å². The van der Waals surface area contributed by atoms with Gasteiger partial charge in [-0.2, -0.15) is 0 Å². The molecule has 0 aromatic rings. The topological polar surface area (TPSA) is 56.8 Å². The molecule has 124 valence electrons. The summed E-state index contributed by atoms with van der Waals surface area (Å²) in [7, 11) is 0. The van der Waals surface area contributed by atoms with Crippen LogP contribution < -0.4 is 5.32 Å². The monoisotopic (exact) mass is 301 g/mol. The van der Waals surface area contributed by atoms with Crippen molar-refractivity contribution in [3.8, 4) is 0 Å². The van der Waals surface area contributed by atoms with E-state index < -0.39 is 5.54 Å². The maximum atomic E-state index is 12.1. The quantitative estimate of drug-likeness (QED) is 0.523. The predicted octanol–water partition coefficient (Wildman–Crippen LogP) is 2.28. The molecule has 0 amide bonds. The van der Waals surface area contributed by atoms with Crippen molar-refractivity contribution in [1.82, 2.24) is 5.32 Å². The van der Waals surface area contributed by atoms with Gasteiger partial charge in [0.25, 0.3) is 0 Å². The first-order valence-corrected chi connectivity index (χ1v) is 8.12. The summed E-state index contributed by atoms with van der Waals surface area (Å²) in [6.45, 7) is 10.1. The van der Waals surface area contributed by atoms with Gasteiger partial charge < -0.3 is 14.2 Å². The van der Waals surface area contributed by atoms with Gasteiger partial charge in [0.1, 0.15) is 5.54 Å². The maximum Gasteiger partial charge on any atom is 0.326 e. The molecule has 0 spiro atoms. The van der Waals surface area contributed by atoms with Crippen molar-refractivity contribution in [3.05, 3.63) is 0 Å².